The van der Waals surface area contributed by atoms with Gasteiger partial charge in [0.2, 0.25) is 5.43 Å². The second-order valence-electron chi connectivity index (χ2n) is 8.48. The SMILES string of the molecule is CC1CCCCN1C(=O)c1ccc(-c2c3cc(Cl)c(=O)cc-3oc3cc(O)c(Cl)cc23)cc1. The summed E-state index contributed by atoms with van der Waals surface area (Å²) >= 11 is 12.4. The molecule has 33 heavy (non-hydrogen) atoms. The number of hydrogen-bond acceptors (Lipinski definition) is 4. The lowest BCUT2D eigenvalue weighted by atomic mass is 9.93. The van der Waals surface area contributed by atoms with E-state index in [0.29, 0.717) is 27.9 Å². The first kappa shape index (κ1) is 21.8. The van der Waals surface area contributed by atoms with Crippen LogP contribution in [0, 0.1) is 0 Å². The largest absolute Gasteiger partial charge is 0.506 e. The van der Waals surface area contributed by atoms with Crippen LogP contribution in [-0.4, -0.2) is 28.5 Å². The standard InChI is InChI=1S/C26H21Cl2NO4/c1-14-4-2-3-9-29(14)26(32)16-7-5-15(6-8-16)25-17-10-19(27)21(30)12-23(17)33-24-13-22(31)20(28)11-18(24)25/h5-8,10-14,30H,2-4,9H2,1H3. The van der Waals surface area contributed by atoms with Gasteiger partial charge in [0.25, 0.3) is 5.91 Å². The van der Waals surface area contributed by atoms with Gasteiger partial charge in [-0.15, -0.1) is 0 Å². The van der Waals surface area contributed by atoms with Crippen LogP contribution in [0.2, 0.25) is 10.0 Å². The van der Waals surface area contributed by atoms with Gasteiger partial charge in [-0.2, -0.15) is 0 Å². The van der Waals surface area contributed by atoms with Crippen LogP contribution in [0.3, 0.4) is 0 Å². The Bertz CT molecular complexity index is 1410. The third-order valence-electron chi connectivity index (χ3n) is 6.33. The summed E-state index contributed by atoms with van der Waals surface area (Å²) < 4.78 is 5.90. The number of likely N-dealkylation sites (tertiary alicyclic amines) is 1. The van der Waals surface area contributed by atoms with Crippen molar-refractivity contribution in [1.82, 2.24) is 4.90 Å². The normalized spacial score (nSPS) is 16.5. The molecule has 1 saturated heterocycles. The Kier molecular flexibility index (Phi) is 5.55. The number of aromatic hydroxyl groups is 1. The minimum Gasteiger partial charge on any atom is -0.506 e. The van der Waals surface area contributed by atoms with Crippen molar-refractivity contribution in [3.63, 3.8) is 0 Å². The van der Waals surface area contributed by atoms with Crippen molar-refractivity contribution in [2.45, 2.75) is 32.2 Å². The Morgan fingerprint density at radius 1 is 1.06 bits per heavy atom. The molecule has 3 aliphatic rings. The van der Waals surface area contributed by atoms with Gasteiger partial charge >= 0.3 is 0 Å². The molecular formula is C26H21Cl2NO4. The molecular weight excluding hydrogens is 461 g/mol. The van der Waals surface area contributed by atoms with Crippen molar-refractivity contribution >= 4 is 40.1 Å². The number of carbonyl (C=O) groups is 1. The molecule has 7 heteroatoms. The highest BCUT2D eigenvalue weighted by atomic mass is 35.5. The molecule has 2 aliphatic heterocycles. The highest BCUT2D eigenvalue weighted by Crippen LogP contribution is 2.43. The highest BCUT2D eigenvalue weighted by molar-refractivity contribution is 6.33. The van der Waals surface area contributed by atoms with E-state index in [1.807, 2.05) is 29.2 Å². The summed E-state index contributed by atoms with van der Waals surface area (Å²) in [6, 6.07) is 13.6. The smallest absolute Gasteiger partial charge is 0.254 e. The number of hydrogen-bond donors (Lipinski definition) is 1. The predicted octanol–water partition coefficient (Wildman–Crippen LogP) is 6.59. The number of nitrogens with zero attached hydrogens (tertiary/aromatic N) is 1. The fourth-order valence-corrected chi connectivity index (χ4v) is 4.88. The molecule has 1 amide bonds. The lowest BCUT2D eigenvalue weighted by Gasteiger charge is -2.33. The van der Waals surface area contributed by atoms with Crippen molar-refractivity contribution < 1.29 is 14.3 Å². The number of benzene rings is 3. The van der Waals surface area contributed by atoms with Gasteiger partial charge in [0.05, 0.1) is 10.0 Å². The van der Waals surface area contributed by atoms with Crippen LogP contribution >= 0.6 is 23.2 Å². The lowest BCUT2D eigenvalue weighted by molar-refractivity contribution is 0.0635. The van der Waals surface area contributed by atoms with Gasteiger partial charge < -0.3 is 14.4 Å². The van der Waals surface area contributed by atoms with Crippen molar-refractivity contribution in [1.29, 1.82) is 0 Å². The summed E-state index contributed by atoms with van der Waals surface area (Å²) in [6.07, 6.45) is 3.19. The quantitative estimate of drug-likeness (QED) is 0.327. The third-order valence-corrected chi connectivity index (χ3v) is 6.92. The molecule has 168 valence electrons. The molecule has 1 aliphatic carbocycles. The molecule has 5 nitrogen and oxygen atoms in total. The molecule has 1 unspecified atom stereocenters. The Hall–Kier alpha value is -3.02. The minimum atomic E-state index is -0.354. The van der Waals surface area contributed by atoms with Crippen LogP contribution in [0.4, 0.5) is 0 Å². The summed E-state index contributed by atoms with van der Waals surface area (Å²) in [4.78, 5) is 27.1. The number of amides is 1. The maximum Gasteiger partial charge on any atom is 0.254 e. The average Bonchev–Trinajstić information content (AvgIpc) is 2.80. The van der Waals surface area contributed by atoms with Crippen molar-refractivity contribution in [2.75, 3.05) is 6.54 Å². The third kappa shape index (κ3) is 3.85. The average molecular weight is 482 g/mol. The van der Waals surface area contributed by atoms with Gasteiger partial charge in [-0.25, -0.2) is 0 Å². The maximum atomic E-state index is 13.1. The molecule has 0 bridgehead atoms. The minimum absolute atomic E-state index is 0.0264. The lowest BCUT2D eigenvalue weighted by Crippen LogP contribution is -2.41. The molecule has 1 N–H and O–H groups in total. The Morgan fingerprint density at radius 3 is 2.55 bits per heavy atom. The summed E-state index contributed by atoms with van der Waals surface area (Å²) in [6.45, 7) is 2.86. The summed E-state index contributed by atoms with van der Waals surface area (Å²) in [5, 5.41) is 11.0. The van der Waals surface area contributed by atoms with E-state index in [2.05, 4.69) is 6.92 Å². The molecule has 0 radical (unpaired) electrons. The van der Waals surface area contributed by atoms with Gasteiger partial charge in [-0.1, -0.05) is 35.3 Å². The fraction of sp³-hybridized carbons (Fsp3) is 0.231. The second kappa shape index (κ2) is 8.40. The van der Waals surface area contributed by atoms with E-state index < -0.39 is 0 Å². The molecule has 1 fully saturated rings. The first-order valence-electron chi connectivity index (χ1n) is 10.8. The van der Waals surface area contributed by atoms with E-state index in [0.717, 1.165) is 36.9 Å². The van der Waals surface area contributed by atoms with Crippen molar-refractivity contribution in [2.24, 2.45) is 0 Å². The van der Waals surface area contributed by atoms with Gasteiger partial charge in [-0.05, 0) is 56.0 Å². The van der Waals surface area contributed by atoms with Crippen LogP contribution in [0.1, 0.15) is 36.5 Å². The number of phenols is 1. The zero-order chi connectivity index (χ0) is 23.3. The second-order valence-corrected chi connectivity index (χ2v) is 9.29. The first-order chi connectivity index (χ1) is 15.8. The highest BCUT2D eigenvalue weighted by Gasteiger charge is 2.25. The van der Waals surface area contributed by atoms with E-state index in [-0.39, 0.29) is 33.2 Å². The number of carbonyl (C=O) groups excluding carboxylic acids is 1. The monoisotopic (exact) mass is 481 g/mol. The zero-order valence-corrected chi connectivity index (χ0v) is 19.4. The van der Waals surface area contributed by atoms with Gasteiger partial charge in [0.1, 0.15) is 17.1 Å². The van der Waals surface area contributed by atoms with Crippen LogP contribution in [0.5, 0.6) is 5.75 Å². The molecule has 2 aromatic carbocycles. The van der Waals surface area contributed by atoms with E-state index in [1.165, 1.54) is 12.1 Å². The number of halogens is 2. The Morgan fingerprint density at radius 2 is 1.82 bits per heavy atom. The fourth-order valence-electron chi connectivity index (χ4n) is 4.56. The number of phenolic OH excluding ortho intramolecular Hbond substituents is 1. The van der Waals surface area contributed by atoms with Crippen LogP contribution in [0.25, 0.3) is 33.4 Å². The van der Waals surface area contributed by atoms with E-state index in [4.69, 9.17) is 27.6 Å². The summed E-state index contributed by atoms with van der Waals surface area (Å²) in [5.41, 5.74) is 2.84. The van der Waals surface area contributed by atoms with Crippen LogP contribution in [-0.2, 0) is 0 Å². The first-order valence-corrected chi connectivity index (χ1v) is 11.6. The molecule has 0 saturated carbocycles. The molecule has 5 rings (SSSR count). The predicted molar refractivity (Wildman–Crippen MR) is 131 cm³/mol. The van der Waals surface area contributed by atoms with Gasteiger partial charge in [-0.3, -0.25) is 9.59 Å². The summed E-state index contributed by atoms with van der Waals surface area (Å²) in [5.74, 6) is 0.251. The molecule has 0 aromatic heterocycles. The number of piperidine rings is 1. The van der Waals surface area contributed by atoms with Gasteiger partial charge in [0, 0.05) is 46.8 Å². The van der Waals surface area contributed by atoms with Crippen molar-refractivity contribution in [3.8, 4) is 28.2 Å². The Labute approximate surface area is 200 Å². The van der Waals surface area contributed by atoms with Crippen molar-refractivity contribution in [3.05, 3.63) is 74.4 Å². The number of rotatable bonds is 2. The molecule has 0 spiro atoms. The zero-order valence-electron chi connectivity index (χ0n) is 17.9. The van der Waals surface area contributed by atoms with Gasteiger partial charge in [0.15, 0.2) is 0 Å². The molecule has 1 atom stereocenters. The molecule has 2 aromatic rings. The van der Waals surface area contributed by atoms with E-state index in [1.54, 1.807) is 12.1 Å². The number of fused-ring (bicyclic) bond motifs is 2. The molecule has 2 heterocycles. The maximum absolute atomic E-state index is 13.1. The van der Waals surface area contributed by atoms with Crippen LogP contribution < -0.4 is 5.43 Å². The van der Waals surface area contributed by atoms with Crippen LogP contribution in [0.15, 0.2) is 57.7 Å². The van der Waals surface area contributed by atoms with E-state index in [9.17, 15) is 14.7 Å². The van der Waals surface area contributed by atoms with E-state index >= 15 is 0 Å². The topological polar surface area (TPSA) is 70.8 Å². The Balaban J connectivity index is 1.67. The summed E-state index contributed by atoms with van der Waals surface area (Å²) in [7, 11) is 0.